The van der Waals surface area contributed by atoms with E-state index in [9.17, 15) is 17.6 Å². The Balaban J connectivity index is 1.82. The van der Waals surface area contributed by atoms with Gasteiger partial charge in [0.2, 0.25) is 15.9 Å². The Morgan fingerprint density at radius 3 is 2.33 bits per heavy atom. The van der Waals surface area contributed by atoms with E-state index in [4.69, 9.17) is 9.47 Å². The van der Waals surface area contributed by atoms with Crippen molar-refractivity contribution in [1.82, 2.24) is 10.0 Å². The van der Waals surface area contributed by atoms with Crippen LogP contribution in [0.15, 0.2) is 47.4 Å². The number of carbonyl (C=O) groups excluding carboxylic acids is 1. The molecule has 0 aliphatic carbocycles. The summed E-state index contributed by atoms with van der Waals surface area (Å²) in [4.78, 5) is 11.7. The first-order chi connectivity index (χ1) is 12.9. The summed E-state index contributed by atoms with van der Waals surface area (Å²) in [5, 5.41) is 2.63. The number of carbonyl (C=O) groups is 1. The van der Waals surface area contributed by atoms with Crippen molar-refractivity contribution < 1.29 is 27.1 Å². The van der Waals surface area contributed by atoms with Crippen LogP contribution in [0.25, 0.3) is 0 Å². The van der Waals surface area contributed by atoms with E-state index in [0.29, 0.717) is 24.5 Å². The summed E-state index contributed by atoms with van der Waals surface area (Å²) in [5.41, 5.74) is 0.930. The third kappa shape index (κ3) is 5.93. The predicted molar refractivity (Wildman–Crippen MR) is 97.8 cm³/mol. The molecule has 0 aromatic heterocycles. The van der Waals surface area contributed by atoms with Gasteiger partial charge in [-0.3, -0.25) is 4.79 Å². The van der Waals surface area contributed by atoms with Crippen LogP contribution in [-0.2, 0) is 21.2 Å². The first-order valence-electron chi connectivity index (χ1n) is 8.08. The van der Waals surface area contributed by atoms with Crippen molar-refractivity contribution in [2.24, 2.45) is 0 Å². The number of ether oxygens (including phenoxy) is 2. The number of nitrogens with one attached hydrogen (secondary N) is 2. The lowest BCUT2D eigenvalue weighted by molar-refractivity contribution is -0.119. The van der Waals surface area contributed by atoms with Crippen molar-refractivity contribution >= 4 is 15.9 Å². The molecule has 0 saturated heterocycles. The second kappa shape index (κ2) is 9.33. The minimum Gasteiger partial charge on any atom is -0.493 e. The first kappa shape index (κ1) is 20.7. The average molecular weight is 396 g/mol. The van der Waals surface area contributed by atoms with Crippen molar-refractivity contribution in [3.05, 3.63) is 53.8 Å². The molecule has 0 saturated carbocycles. The van der Waals surface area contributed by atoms with Crippen LogP contribution in [-0.4, -0.2) is 41.6 Å². The van der Waals surface area contributed by atoms with Gasteiger partial charge in [-0.2, -0.15) is 0 Å². The zero-order valence-electron chi connectivity index (χ0n) is 15.0. The molecule has 0 atom stereocenters. The van der Waals surface area contributed by atoms with Crippen molar-refractivity contribution in [1.29, 1.82) is 0 Å². The molecule has 0 aliphatic heterocycles. The zero-order valence-corrected chi connectivity index (χ0v) is 15.8. The molecule has 27 heavy (non-hydrogen) atoms. The molecule has 7 nitrogen and oxygen atoms in total. The fourth-order valence-electron chi connectivity index (χ4n) is 2.30. The second-order valence-electron chi connectivity index (χ2n) is 5.57. The van der Waals surface area contributed by atoms with E-state index in [1.807, 2.05) is 12.1 Å². The molecule has 2 rings (SSSR count). The molecular weight excluding hydrogens is 375 g/mol. The van der Waals surface area contributed by atoms with Crippen LogP contribution >= 0.6 is 0 Å². The summed E-state index contributed by atoms with van der Waals surface area (Å²) in [6, 6.07) is 9.77. The standard InChI is InChI=1S/C18H21FN2O5S/c1-25-16-8-3-13(11-17(16)26-2)9-10-20-18(22)12-21-27(23,24)15-6-4-14(19)5-7-15/h3-8,11,21H,9-10,12H2,1-2H3,(H,20,22). The Labute approximate surface area is 157 Å². The van der Waals surface area contributed by atoms with Crippen molar-refractivity contribution in [2.75, 3.05) is 27.3 Å². The molecule has 0 fully saturated rings. The minimum absolute atomic E-state index is 0.109. The van der Waals surface area contributed by atoms with Gasteiger partial charge in [-0.1, -0.05) is 6.07 Å². The van der Waals surface area contributed by atoms with Gasteiger partial charge < -0.3 is 14.8 Å². The van der Waals surface area contributed by atoms with Gasteiger partial charge in [0.05, 0.1) is 25.7 Å². The molecule has 0 radical (unpaired) electrons. The first-order valence-corrected chi connectivity index (χ1v) is 9.57. The van der Waals surface area contributed by atoms with Gasteiger partial charge in [-0.15, -0.1) is 0 Å². The Bertz CT molecular complexity index is 885. The van der Waals surface area contributed by atoms with Gasteiger partial charge in [-0.25, -0.2) is 17.5 Å². The normalized spacial score (nSPS) is 11.1. The molecule has 0 aliphatic rings. The monoisotopic (exact) mass is 396 g/mol. The number of methoxy groups -OCH3 is 2. The predicted octanol–water partition coefficient (Wildman–Crippen LogP) is 1.48. The number of amides is 1. The van der Waals surface area contributed by atoms with Crippen LogP contribution in [0.2, 0.25) is 0 Å². The maximum Gasteiger partial charge on any atom is 0.241 e. The van der Waals surface area contributed by atoms with Crippen molar-refractivity contribution in [3.8, 4) is 11.5 Å². The number of halogens is 1. The number of sulfonamides is 1. The van der Waals surface area contributed by atoms with Crippen LogP contribution in [0.1, 0.15) is 5.56 Å². The summed E-state index contributed by atoms with van der Waals surface area (Å²) >= 11 is 0. The van der Waals surface area contributed by atoms with Gasteiger partial charge in [0.25, 0.3) is 0 Å². The molecule has 0 spiro atoms. The summed E-state index contributed by atoms with van der Waals surface area (Å²) < 4.78 is 49.5. The van der Waals surface area contributed by atoms with Crippen LogP contribution in [0.5, 0.6) is 11.5 Å². The largest absolute Gasteiger partial charge is 0.493 e. The van der Waals surface area contributed by atoms with E-state index in [1.165, 1.54) is 7.11 Å². The highest BCUT2D eigenvalue weighted by Gasteiger charge is 2.15. The Morgan fingerprint density at radius 1 is 1.04 bits per heavy atom. The minimum atomic E-state index is -3.87. The lowest BCUT2D eigenvalue weighted by atomic mass is 10.1. The summed E-state index contributed by atoms with van der Waals surface area (Å²) in [6.07, 6.45) is 0.538. The van der Waals surface area contributed by atoms with Gasteiger partial charge in [-0.05, 0) is 48.4 Å². The van der Waals surface area contributed by atoms with Crippen molar-refractivity contribution in [3.63, 3.8) is 0 Å². The summed E-state index contributed by atoms with van der Waals surface area (Å²) in [6.45, 7) is -0.0851. The number of hydrogen-bond acceptors (Lipinski definition) is 5. The summed E-state index contributed by atoms with van der Waals surface area (Å²) in [5.74, 6) is 0.192. The lowest BCUT2D eigenvalue weighted by Gasteiger charge is -2.10. The maximum absolute atomic E-state index is 12.9. The highest BCUT2D eigenvalue weighted by Crippen LogP contribution is 2.27. The van der Waals surface area contributed by atoms with E-state index in [2.05, 4.69) is 10.0 Å². The molecule has 9 heteroatoms. The van der Waals surface area contributed by atoms with Gasteiger partial charge >= 0.3 is 0 Å². The van der Waals surface area contributed by atoms with E-state index in [0.717, 1.165) is 29.8 Å². The van der Waals surface area contributed by atoms with Crippen LogP contribution in [0.3, 0.4) is 0 Å². The molecular formula is C18H21FN2O5S. The fraction of sp³-hybridized carbons (Fsp3) is 0.278. The topological polar surface area (TPSA) is 93.7 Å². The quantitative estimate of drug-likeness (QED) is 0.670. The summed E-state index contributed by atoms with van der Waals surface area (Å²) in [7, 11) is -0.789. The highest BCUT2D eigenvalue weighted by atomic mass is 32.2. The molecule has 146 valence electrons. The van der Waals surface area contributed by atoms with E-state index >= 15 is 0 Å². The number of benzene rings is 2. The molecule has 2 N–H and O–H groups in total. The Morgan fingerprint density at radius 2 is 1.70 bits per heavy atom. The van der Waals surface area contributed by atoms with E-state index in [-0.39, 0.29) is 4.90 Å². The lowest BCUT2D eigenvalue weighted by Crippen LogP contribution is -2.37. The second-order valence-corrected chi connectivity index (χ2v) is 7.33. The SMILES string of the molecule is COc1ccc(CCNC(=O)CNS(=O)(=O)c2ccc(F)cc2)cc1OC. The van der Waals surface area contributed by atoms with Crippen LogP contribution in [0.4, 0.5) is 4.39 Å². The van der Waals surface area contributed by atoms with E-state index < -0.39 is 28.3 Å². The van der Waals surface area contributed by atoms with Crippen LogP contribution in [0, 0.1) is 5.82 Å². The number of rotatable bonds is 9. The zero-order chi connectivity index (χ0) is 19.9. The Kier molecular flexibility index (Phi) is 7.14. The molecule has 1 amide bonds. The highest BCUT2D eigenvalue weighted by molar-refractivity contribution is 7.89. The van der Waals surface area contributed by atoms with E-state index in [1.54, 1.807) is 13.2 Å². The molecule has 0 unspecified atom stereocenters. The fourth-order valence-corrected chi connectivity index (χ4v) is 3.28. The third-order valence-corrected chi connectivity index (χ3v) is 5.15. The smallest absolute Gasteiger partial charge is 0.241 e. The number of hydrogen-bond donors (Lipinski definition) is 2. The average Bonchev–Trinajstić information content (AvgIpc) is 2.66. The molecule has 2 aromatic rings. The Hall–Kier alpha value is -2.65. The van der Waals surface area contributed by atoms with Gasteiger partial charge in [0.1, 0.15) is 5.82 Å². The molecule has 2 aromatic carbocycles. The maximum atomic E-state index is 12.9. The van der Waals surface area contributed by atoms with Gasteiger partial charge in [0.15, 0.2) is 11.5 Å². The molecule has 0 heterocycles. The van der Waals surface area contributed by atoms with Crippen LogP contribution < -0.4 is 19.5 Å². The van der Waals surface area contributed by atoms with Crippen molar-refractivity contribution in [2.45, 2.75) is 11.3 Å². The molecule has 0 bridgehead atoms. The van der Waals surface area contributed by atoms with Gasteiger partial charge in [0, 0.05) is 6.54 Å². The third-order valence-electron chi connectivity index (χ3n) is 3.73.